The van der Waals surface area contributed by atoms with Gasteiger partial charge in [0.25, 0.3) is 0 Å². The van der Waals surface area contributed by atoms with Gasteiger partial charge < -0.3 is 9.47 Å². The molecule has 0 radical (unpaired) electrons. The van der Waals surface area contributed by atoms with Gasteiger partial charge in [0.1, 0.15) is 23.7 Å². The summed E-state index contributed by atoms with van der Waals surface area (Å²) in [6.07, 6.45) is 5.15. The topological polar surface area (TPSA) is 57.1 Å². The SMILES string of the molecule is Cc1cccnc1COc1cc(OC(C)(C)C)ccc1-c1nccnc1C. The molecule has 0 aliphatic carbocycles. The van der Waals surface area contributed by atoms with E-state index in [1.807, 2.05) is 65.0 Å². The van der Waals surface area contributed by atoms with Crippen LogP contribution >= 0.6 is 0 Å². The van der Waals surface area contributed by atoms with Crippen LogP contribution in [0.3, 0.4) is 0 Å². The van der Waals surface area contributed by atoms with Crippen molar-refractivity contribution in [3.8, 4) is 22.8 Å². The van der Waals surface area contributed by atoms with E-state index >= 15 is 0 Å². The molecular weight excluding hydrogens is 338 g/mol. The Morgan fingerprint density at radius 1 is 0.926 bits per heavy atom. The maximum absolute atomic E-state index is 6.16. The Morgan fingerprint density at radius 2 is 1.70 bits per heavy atom. The molecule has 0 saturated carbocycles. The third-order valence-electron chi connectivity index (χ3n) is 4.00. The van der Waals surface area contributed by atoms with E-state index < -0.39 is 0 Å². The second kappa shape index (κ2) is 7.74. The molecule has 0 spiro atoms. The second-order valence-corrected chi connectivity index (χ2v) is 7.42. The Bertz CT molecular complexity index is 933. The molecule has 2 aromatic heterocycles. The Balaban J connectivity index is 1.97. The summed E-state index contributed by atoms with van der Waals surface area (Å²) in [6, 6.07) is 9.77. The van der Waals surface area contributed by atoms with Crippen LogP contribution in [0.5, 0.6) is 11.5 Å². The first kappa shape index (κ1) is 18.8. The largest absolute Gasteiger partial charge is 0.488 e. The van der Waals surface area contributed by atoms with Crippen LogP contribution in [0.25, 0.3) is 11.3 Å². The fraction of sp³-hybridized carbons (Fsp3) is 0.318. The third-order valence-corrected chi connectivity index (χ3v) is 4.00. The van der Waals surface area contributed by atoms with E-state index in [2.05, 4.69) is 15.0 Å². The van der Waals surface area contributed by atoms with E-state index in [4.69, 9.17) is 9.47 Å². The maximum Gasteiger partial charge on any atom is 0.133 e. The summed E-state index contributed by atoms with van der Waals surface area (Å²) < 4.78 is 12.2. The van der Waals surface area contributed by atoms with Gasteiger partial charge in [0, 0.05) is 30.2 Å². The third kappa shape index (κ3) is 4.82. The average molecular weight is 363 g/mol. The van der Waals surface area contributed by atoms with E-state index in [0.29, 0.717) is 12.4 Å². The van der Waals surface area contributed by atoms with E-state index in [1.54, 1.807) is 18.6 Å². The quantitative estimate of drug-likeness (QED) is 0.644. The molecular formula is C22H25N3O2. The molecule has 0 unspecified atom stereocenters. The first-order valence-electron chi connectivity index (χ1n) is 8.98. The van der Waals surface area contributed by atoms with Gasteiger partial charge in [-0.25, -0.2) is 0 Å². The summed E-state index contributed by atoms with van der Waals surface area (Å²) in [4.78, 5) is 13.2. The second-order valence-electron chi connectivity index (χ2n) is 7.42. The van der Waals surface area contributed by atoms with Gasteiger partial charge in [0.05, 0.1) is 17.1 Å². The number of ether oxygens (including phenoxy) is 2. The van der Waals surface area contributed by atoms with Gasteiger partial charge in [0.15, 0.2) is 0 Å². The average Bonchev–Trinajstić information content (AvgIpc) is 2.61. The number of nitrogens with zero attached hydrogens (tertiary/aromatic N) is 3. The van der Waals surface area contributed by atoms with Crippen LogP contribution in [0.2, 0.25) is 0 Å². The molecule has 0 fully saturated rings. The molecule has 0 atom stereocenters. The molecule has 0 aliphatic rings. The van der Waals surface area contributed by atoms with Crippen LogP contribution in [0, 0.1) is 13.8 Å². The van der Waals surface area contributed by atoms with Crippen molar-refractivity contribution in [2.75, 3.05) is 0 Å². The molecule has 5 heteroatoms. The zero-order valence-electron chi connectivity index (χ0n) is 16.5. The Labute approximate surface area is 160 Å². The lowest BCUT2D eigenvalue weighted by molar-refractivity contribution is 0.130. The predicted octanol–water partition coefficient (Wildman–Crippen LogP) is 4.91. The number of benzene rings is 1. The summed E-state index contributed by atoms with van der Waals surface area (Å²) >= 11 is 0. The summed E-state index contributed by atoms with van der Waals surface area (Å²) in [6.45, 7) is 10.4. The van der Waals surface area contributed by atoms with Crippen molar-refractivity contribution in [3.63, 3.8) is 0 Å². The number of rotatable bonds is 5. The van der Waals surface area contributed by atoms with Gasteiger partial charge in [0.2, 0.25) is 0 Å². The van der Waals surface area contributed by atoms with Crippen molar-refractivity contribution in [2.45, 2.75) is 46.8 Å². The number of hydrogen-bond acceptors (Lipinski definition) is 5. The number of aromatic nitrogens is 3. The molecule has 3 aromatic rings. The smallest absolute Gasteiger partial charge is 0.133 e. The van der Waals surface area contributed by atoms with Crippen LogP contribution < -0.4 is 9.47 Å². The van der Waals surface area contributed by atoms with Crippen LogP contribution in [0.4, 0.5) is 0 Å². The van der Waals surface area contributed by atoms with Crippen molar-refractivity contribution in [2.24, 2.45) is 0 Å². The normalized spacial score (nSPS) is 11.3. The summed E-state index contributed by atoms with van der Waals surface area (Å²) in [5.74, 6) is 1.45. The highest BCUT2D eigenvalue weighted by molar-refractivity contribution is 5.70. The minimum atomic E-state index is -0.293. The molecule has 0 saturated heterocycles. The summed E-state index contributed by atoms with van der Waals surface area (Å²) in [5, 5.41) is 0. The monoisotopic (exact) mass is 363 g/mol. The van der Waals surface area contributed by atoms with Crippen molar-refractivity contribution in [3.05, 3.63) is 65.9 Å². The first-order valence-corrected chi connectivity index (χ1v) is 8.98. The number of hydrogen-bond donors (Lipinski definition) is 0. The van der Waals surface area contributed by atoms with Crippen LogP contribution in [-0.4, -0.2) is 20.6 Å². The van der Waals surface area contributed by atoms with Gasteiger partial charge in [-0.1, -0.05) is 6.07 Å². The van der Waals surface area contributed by atoms with Crippen LogP contribution in [0.15, 0.2) is 48.9 Å². The minimum Gasteiger partial charge on any atom is -0.488 e. The Hall–Kier alpha value is -2.95. The van der Waals surface area contributed by atoms with Gasteiger partial charge >= 0.3 is 0 Å². The maximum atomic E-state index is 6.16. The predicted molar refractivity (Wildman–Crippen MR) is 106 cm³/mol. The lowest BCUT2D eigenvalue weighted by atomic mass is 10.1. The van der Waals surface area contributed by atoms with Crippen molar-refractivity contribution in [1.82, 2.24) is 15.0 Å². The lowest BCUT2D eigenvalue weighted by Crippen LogP contribution is -2.22. The van der Waals surface area contributed by atoms with Gasteiger partial charge in [-0.15, -0.1) is 0 Å². The van der Waals surface area contributed by atoms with E-state index in [1.165, 1.54) is 0 Å². The van der Waals surface area contributed by atoms with Crippen molar-refractivity contribution >= 4 is 0 Å². The first-order chi connectivity index (χ1) is 12.8. The number of aryl methyl sites for hydroxylation is 2. The molecule has 5 nitrogen and oxygen atoms in total. The Morgan fingerprint density at radius 3 is 2.41 bits per heavy atom. The standard InChI is InChI=1S/C22H25N3O2/c1-15-7-6-10-24-19(15)14-26-20-13-17(27-22(3,4)5)8-9-18(20)21-16(2)23-11-12-25-21/h6-13H,14H2,1-5H3. The van der Waals surface area contributed by atoms with Crippen LogP contribution in [0.1, 0.15) is 37.7 Å². The highest BCUT2D eigenvalue weighted by atomic mass is 16.5. The zero-order valence-corrected chi connectivity index (χ0v) is 16.5. The van der Waals surface area contributed by atoms with Gasteiger partial charge in [-0.05, 0) is 58.4 Å². The van der Waals surface area contributed by atoms with Crippen LogP contribution in [-0.2, 0) is 6.61 Å². The Kier molecular flexibility index (Phi) is 5.40. The van der Waals surface area contributed by atoms with E-state index in [0.717, 1.165) is 34.0 Å². The van der Waals surface area contributed by atoms with E-state index in [9.17, 15) is 0 Å². The fourth-order valence-corrected chi connectivity index (χ4v) is 2.72. The van der Waals surface area contributed by atoms with Crippen molar-refractivity contribution in [1.29, 1.82) is 0 Å². The molecule has 1 aromatic carbocycles. The highest BCUT2D eigenvalue weighted by Gasteiger charge is 2.17. The molecule has 0 N–H and O–H groups in total. The zero-order chi connectivity index (χ0) is 19.4. The molecule has 27 heavy (non-hydrogen) atoms. The van der Waals surface area contributed by atoms with Gasteiger partial charge in [-0.2, -0.15) is 0 Å². The molecule has 2 heterocycles. The molecule has 0 bridgehead atoms. The lowest BCUT2D eigenvalue weighted by Gasteiger charge is -2.22. The number of pyridine rings is 1. The summed E-state index contributed by atoms with van der Waals surface area (Å²) in [5.41, 5.74) is 4.24. The molecule has 0 aliphatic heterocycles. The molecule has 140 valence electrons. The van der Waals surface area contributed by atoms with Crippen molar-refractivity contribution < 1.29 is 9.47 Å². The molecule has 3 rings (SSSR count). The summed E-state index contributed by atoms with van der Waals surface area (Å²) in [7, 11) is 0. The minimum absolute atomic E-state index is 0.293. The fourth-order valence-electron chi connectivity index (χ4n) is 2.72. The van der Waals surface area contributed by atoms with E-state index in [-0.39, 0.29) is 5.60 Å². The van der Waals surface area contributed by atoms with Gasteiger partial charge in [-0.3, -0.25) is 15.0 Å². The highest BCUT2D eigenvalue weighted by Crippen LogP contribution is 2.35. The molecule has 0 amide bonds.